The van der Waals surface area contributed by atoms with Gasteiger partial charge in [-0.3, -0.25) is 4.79 Å². The second kappa shape index (κ2) is 7.75. The summed E-state index contributed by atoms with van der Waals surface area (Å²) in [6.07, 6.45) is 7.51. The number of hydrogen-bond acceptors (Lipinski definition) is 6. The Labute approximate surface area is 158 Å². The van der Waals surface area contributed by atoms with Gasteiger partial charge in [0, 0.05) is 25.0 Å². The van der Waals surface area contributed by atoms with Gasteiger partial charge < -0.3 is 14.2 Å². The zero-order chi connectivity index (χ0) is 18.8. The topological polar surface area (TPSA) is 91.0 Å². The van der Waals surface area contributed by atoms with Crippen molar-refractivity contribution in [2.24, 2.45) is 0 Å². The number of carbonyl (C=O) groups excluding carboxylic acids is 1. The van der Waals surface area contributed by atoms with Crippen molar-refractivity contribution in [1.82, 2.24) is 34.4 Å². The third-order valence-electron chi connectivity index (χ3n) is 5.23. The number of ether oxygens (including phenoxy) is 1. The highest BCUT2D eigenvalue weighted by atomic mass is 16.5. The van der Waals surface area contributed by atoms with Gasteiger partial charge in [0.25, 0.3) is 0 Å². The molecule has 0 unspecified atom stereocenters. The average molecular weight is 373 g/mol. The Morgan fingerprint density at radius 3 is 2.63 bits per heavy atom. The largest absolute Gasteiger partial charge is 0.369 e. The van der Waals surface area contributed by atoms with Crippen LogP contribution in [0.2, 0.25) is 0 Å². The van der Waals surface area contributed by atoms with E-state index < -0.39 is 0 Å². The molecule has 2 fully saturated rings. The summed E-state index contributed by atoms with van der Waals surface area (Å²) < 4.78 is 9.54. The van der Waals surface area contributed by atoms with Crippen molar-refractivity contribution in [3.8, 4) is 0 Å². The Kier molecular flexibility index (Phi) is 5.20. The van der Waals surface area contributed by atoms with Gasteiger partial charge in [0.15, 0.2) is 5.82 Å². The van der Waals surface area contributed by atoms with Gasteiger partial charge in [-0.2, -0.15) is 5.10 Å². The van der Waals surface area contributed by atoms with Crippen LogP contribution in [0.4, 0.5) is 0 Å². The summed E-state index contributed by atoms with van der Waals surface area (Å²) in [5.41, 5.74) is 0. The van der Waals surface area contributed by atoms with Crippen molar-refractivity contribution in [3.05, 3.63) is 24.3 Å². The molecule has 27 heavy (non-hydrogen) atoms. The van der Waals surface area contributed by atoms with Gasteiger partial charge in [-0.1, -0.05) is 0 Å². The third-order valence-corrected chi connectivity index (χ3v) is 5.23. The maximum absolute atomic E-state index is 12.3. The fourth-order valence-electron chi connectivity index (χ4n) is 3.63. The van der Waals surface area contributed by atoms with Crippen molar-refractivity contribution < 1.29 is 9.53 Å². The molecule has 0 atom stereocenters. The first-order chi connectivity index (χ1) is 13.1. The van der Waals surface area contributed by atoms with E-state index in [1.807, 2.05) is 18.7 Å². The Morgan fingerprint density at radius 2 is 2.00 bits per heavy atom. The van der Waals surface area contributed by atoms with Crippen molar-refractivity contribution >= 4 is 5.91 Å². The lowest BCUT2D eigenvalue weighted by molar-refractivity contribution is -0.138. The summed E-state index contributed by atoms with van der Waals surface area (Å²) >= 11 is 0. The van der Waals surface area contributed by atoms with Crippen LogP contribution in [0.25, 0.3) is 0 Å². The first kappa shape index (κ1) is 18.1. The fraction of sp³-hybridized carbons (Fsp3) is 0.722. The molecule has 1 aliphatic heterocycles. The lowest BCUT2D eigenvalue weighted by atomic mass is 9.95. The molecule has 1 amide bonds. The number of hydrogen-bond donors (Lipinski definition) is 0. The number of aromatic nitrogens is 6. The van der Waals surface area contributed by atoms with Gasteiger partial charge in [-0.15, -0.1) is 10.2 Å². The second-order valence-corrected chi connectivity index (χ2v) is 7.68. The van der Waals surface area contributed by atoms with E-state index in [1.165, 1.54) is 19.2 Å². The van der Waals surface area contributed by atoms with E-state index in [2.05, 4.69) is 24.8 Å². The highest BCUT2D eigenvalue weighted by Crippen LogP contribution is 2.39. The average Bonchev–Trinajstić information content (AvgIpc) is 3.21. The van der Waals surface area contributed by atoms with Crippen LogP contribution in [0.15, 0.2) is 12.7 Å². The number of nitrogens with zero attached hydrogens (tertiary/aromatic N) is 7. The minimum atomic E-state index is 0.0759. The van der Waals surface area contributed by atoms with Crippen LogP contribution in [-0.2, 0) is 16.1 Å². The van der Waals surface area contributed by atoms with Gasteiger partial charge in [0.2, 0.25) is 5.91 Å². The molecule has 9 nitrogen and oxygen atoms in total. The molecular formula is C18H27N7O2. The summed E-state index contributed by atoms with van der Waals surface area (Å²) in [5, 5.41) is 13.2. The summed E-state index contributed by atoms with van der Waals surface area (Å²) in [7, 11) is 0. The Balaban J connectivity index is 1.41. The molecular weight excluding hydrogens is 346 g/mol. The molecule has 2 aromatic rings. The standard InChI is InChI=1S/C18H27N7O2/c1-13(2)27-10-17(26)23-7-5-14(6-8-23)18-22-21-16(25(18)15-3-4-15)9-24-12-19-11-20-24/h11-15H,3-10H2,1-2H3. The molecule has 1 saturated carbocycles. The molecule has 0 bridgehead atoms. The van der Waals surface area contributed by atoms with E-state index in [1.54, 1.807) is 11.0 Å². The maximum atomic E-state index is 12.3. The normalized spacial score (nSPS) is 18.4. The summed E-state index contributed by atoms with van der Waals surface area (Å²) in [6.45, 7) is 6.15. The van der Waals surface area contributed by atoms with Gasteiger partial charge in [0.1, 0.15) is 31.6 Å². The predicted octanol–water partition coefficient (Wildman–Crippen LogP) is 1.38. The van der Waals surface area contributed by atoms with Crippen LogP contribution in [-0.4, -0.2) is 66.1 Å². The van der Waals surface area contributed by atoms with E-state index in [9.17, 15) is 4.79 Å². The fourth-order valence-corrected chi connectivity index (χ4v) is 3.63. The number of likely N-dealkylation sites (tertiary alicyclic amines) is 1. The van der Waals surface area contributed by atoms with Gasteiger partial charge in [-0.05, 0) is 39.5 Å². The van der Waals surface area contributed by atoms with Crippen LogP contribution in [0.5, 0.6) is 0 Å². The molecule has 1 aliphatic carbocycles. The summed E-state index contributed by atoms with van der Waals surface area (Å²) in [6, 6.07) is 0.507. The molecule has 2 aliphatic rings. The smallest absolute Gasteiger partial charge is 0.248 e. The molecule has 0 radical (unpaired) electrons. The first-order valence-corrected chi connectivity index (χ1v) is 9.77. The molecule has 0 aromatic carbocycles. The van der Waals surface area contributed by atoms with Crippen LogP contribution >= 0.6 is 0 Å². The summed E-state index contributed by atoms with van der Waals surface area (Å²) in [5.74, 6) is 2.44. The SMILES string of the molecule is CC(C)OCC(=O)N1CCC(c2nnc(Cn3cncn3)n2C2CC2)CC1. The van der Waals surface area contributed by atoms with E-state index in [0.717, 1.165) is 37.6 Å². The number of amides is 1. The maximum Gasteiger partial charge on any atom is 0.248 e. The molecule has 4 rings (SSSR count). The lowest BCUT2D eigenvalue weighted by Crippen LogP contribution is -2.40. The number of piperidine rings is 1. The van der Waals surface area contributed by atoms with E-state index in [-0.39, 0.29) is 18.6 Å². The Morgan fingerprint density at radius 1 is 1.22 bits per heavy atom. The molecule has 146 valence electrons. The summed E-state index contributed by atoms with van der Waals surface area (Å²) in [4.78, 5) is 18.2. The highest BCUT2D eigenvalue weighted by Gasteiger charge is 2.34. The molecule has 2 aromatic heterocycles. The minimum absolute atomic E-state index is 0.0759. The molecule has 1 saturated heterocycles. The van der Waals surface area contributed by atoms with Crippen LogP contribution < -0.4 is 0 Å². The van der Waals surface area contributed by atoms with E-state index in [4.69, 9.17) is 4.74 Å². The van der Waals surface area contributed by atoms with Gasteiger partial charge >= 0.3 is 0 Å². The van der Waals surface area contributed by atoms with Gasteiger partial charge in [0.05, 0.1) is 6.10 Å². The van der Waals surface area contributed by atoms with Crippen LogP contribution in [0.3, 0.4) is 0 Å². The molecule has 0 spiro atoms. The van der Waals surface area contributed by atoms with Crippen molar-refractivity contribution in [2.45, 2.75) is 64.1 Å². The third kappa shape index (κ3) is 4.18. The Bertz CT molecular complexity index is 759. The molecule has 0 N–H and O–H groups in total. The quantitative estimate of drug-likeness (QED) is 0.728. The Hall–Kier alpha value is -2.29. The van der Waals surface area contributed by atoms with Crippen molar-refractivity contribution in [1.29, 1.82) is 0 Å². The number of rotatable bonds is 7. The highest BCUT2D eigenvalue weighted by molar-refractivity contribution is 5.77. The minimum Gasteiger partial charge on any atom is -0.369 e. The van der Waals surface area contributed by atoms with Crippen LogP contribution in [0, 0.1) is 0 Å². The second-order valence-electron chi connectivity index (χ2n) is 7.68. The van der Waals surface area contributed by atoms with Gasteiger partial charge in [-0.25, -0.2) is 9.67 Å². The first-order valence-electron chi connectivity index (χ1n) is 9.77. The monoisotopic (exact) mass is 373 g/mol. The van der Waals surface area contributed by atoms with Crippen molar-refractivity contribution in [2.75, 3.05) is 19.7 Å². The van der Waals surface area contributed by atoms with Crippen LogP contribution in [0.1, 0.15) is 63.1 Å². The predicted molar refractivity (Wildman–Crippen MR) is 97.1 cm³/mol. The van der Waals surface area contributed by atoms with E-state index >= 15 is 0 Å². The zero-order valence-corrected chi connectivity index (χ0v) is 16.0. The van der Waals surface area contributed by atoms with Crippen molar-refractivity contribution in [3.63, 3.8) is 0 Å². The van der Waals surface area contributed by atoms with E-state index in [0.29, 0.717) is 18.5 Å². The molecule has 9 heteroatoms. The zero-order valence-electron chi connectivity index (χ0n) is 16.0. The number of carbonyl (C=O) groups is 1. The molecule has 3 heterocycles. The lowest BCUT2D eigenvalue weighted by Gasteiger charge is -2.32.